The number of rotatable bonds is 5. The van der Waals surface area contributed by atoms with Gasteiger partial charge in [0, 0.05) is 23.9 Å². The number of fused-ring (bicyclic) bond motifs is 1. The molecule has 3 aromatic rings. The second-order valence-electron chi connectivity index (χ2n) is 6.31. The minimum atomic E-state index is -0.355. The van der Waals surface area contributed by atoms with E-state index in [0.717, 1.165) is 16.0 Å². The SMILES string of the molecule is Cc1ccc(-c2csc3nc(C)n(CCCC(N)=O)c(=O)c23)cc1C. The number of hydrogen-bond acceptors (Lipinski definition) is 4. The van der Waals surface area contributed by atoms with Gasteiger partial charge in [-0.2, -0.15) is 0 Å². The number of amides is 1. The summed E-state index contributed by atoms with van der Waals surface area (Å²) in [5, 5.41) is 2.65. The summed E-state index contributed by atoms with van der Waals surface area (Å²) in [4.78, 5) is 29.3. The highest BCUT2D eigenvalue weighted by atomic mass is 32.1. The summed E-state index contributed by atoms with van der Waals surface area (Å²) in [7, 11) is 0. The molecule has 0 unspecified atom stereocenters. The van der Waals surface area contributed by atoms with Crippen molar-refractivity contribution in [1.29, 1.82) is 0 Å². The molecule has 0 radical (unpaired) electrons. The number of aryl methyl sites for hydroxylation is 3. The van der Waals surface area contributed by atoms with E-state index in [-0.39, 0.29) is 17.9 Å². The Hall–Kier alpha value is -2.47. The van der Waals surface area contributed by atoms with E-state index in [4.69, 9.17) is 5.73 Å². The molecule has 6 heteroatoms. The second kappa shape index (κ2) is 6.80. The summed E-state index contributed by atoms with van der Waals surface area (Å²) in [6.45, 7) is 6.40. The molecule has 0 aliphatic heterocycles. The smallest absolute Gasteiger partial charge is 0.262 e. The van der Waals surface area contributed by atoms with Gasteiger partial charge in [-0.05, 0) is 43.9 Å². The lowest BCUT2D eigenvalue weighted by Gasteiger charge is -2.10. The van der Waals surface area contributed by atoms with Gasteiger partial charge in [0.2, 0.25) is 5.91 Å². The monoisotopic (exact) mass is 355 g/mol. The van der Waals surface area contributed by atoms with E-state index >= 15 is 0 Å². The highest BCUT2D eigenvalue weighted by molar-refractivity contribution is 7.17. The molecule has 0 aliphatic rings. The number of nitrogens with zero attached hydrogens (tertiary/aromatic N) is 2. The van der Waals surface area contributed by atoms with Gasteiger partial charge in [0.1, 0.15) is 10.7 Å². The fourth-order valence-electron chi connectivity index (χ4n) is 2.92. The molecule has 25 heavy (non-hydrogen) atoms. The van der Waals surface area contributed by atoms with Crippen LogP contribution in [-0.2, 0) is 11.3 Å². The molecule has 0 saturated heterocycles. The molecule has 5 nitrogen and oxygen atoms in total. The minimum Gasteiger partial charge on any atom is -0.370 e. The molecule has 0 aliphatic carbocycles. The maximum atomic E-state index is 13.0. The Bertz CT molecular complexity index is 1020. The average Bonchev–Trinajstić information content (AvgIpc) is 2.96. The third-order valence-electron chi connectivity index (χ3n) is 4.51. The normalized spacial score (nSPS) is 11.2. The van der Waals surface area contributed by atoms with E-state index in [0.29, 0.717) is 24.2 Å². The Balaban J connectivity index is 2.11. The Morgan fingerprint density at radius 2 is 2.00 bits per heavy atom. The number of primary amides is 1. The Morgan fingerprint density at radius 1 is 1.24 bits per heavy atom. The molecule has 1 amide bonds. The van der Waals surface area contributed by atoms with Crippen molar-refractivity contribution in [3.63, 3.8) is 0 Å². The fraction of sp³-hybridized carbons (Fsp3) is 0.316. The fourth-order valence-corrected chi connectivity index (χ4v) is 3.91. The van der Waals surface area contributed by atoms with Crippen molar-refractivity contribution in [3.8, 4) is 11.1 Å². The Kier molecular flexibility index (Phi) is 4.72. The van der Waals surface area contributed by atoms with E-state index in [9.17, 15) is 9.59 Å². The third kappa shape index (κ3) is 3.35. The number of hydrogen-bond donors (Lipinski definition) is 1. The zero-order chi connectivity index (χ0) is 18.1. The number of aromatic nitrogens is 2. The lowest BCUT2D eigenvalue weighted by atomic mass is 10.0. The molecule has 3 rings (SSSR count). The second-order valence-corrected chi connectivity index (χ2v) is 7.17. The molecule has 0 fully saturated rings. The number of carbonyl (C=O) groups excluding carboxylic acids is 1. The van der Waals surface area contributed by atoms with Crippen LogP contribution in [0.5, 0.6) is 0 Å². The summed E-state index contributed by atoms with van der Waals surface area (Å²) in [5.41, 5.74) is 9.50. The van der Waals surface area contributed by atoms with E-state index < -0.39 is 0 Å². The molecule has 2 aromatic heterocycles. The predicted octanol–water partition coefficient (Wildman–Crippen LogP) is 3.32. The third-order valence-corrected chi connectivity index (χ3v) is 5.38. The number of nitrogens with two attached hydrogens (primary N) is 1. The van der Waals surface area contributed by atoms with Gasteiger partial charge in [0.05, 0.1) is 5.39 Å². The van der Waals surface area contributed by atoms with Gasteiger partial charge < -0.3 is 5.73 Å². The first-order valence-electron chi connectivity index (χ1n) is 8.23. The zero-order valence-electron chi connectivity index (χ0n) is 14.6. The van der Waals surface area contributed by atoms with Crippen LogP contribution in [0.3, 0.4) is 0 Å². The summed E-state index contributed by atoms with van der Waals surface area (Å²) < 4.78 is 1.64. The average molecular weight is 355 g/mol. The first-order chi connectivity index (χ1) is 11.9. The van der Waals surface area contributed by atoms with Gasteiger partial charge in [-0.1, -0.05) is 18.2 Å². The summed E-state index contributed by atoms with van der Waals surface area (Å²) in [6, 6.07) is 6.22. The summed E-state index contributed by atoms with van der Waals surface area (Å²) >= 11 is 1.49. The molecule has 0 spiro atoms. The van der Waals surface area contributed by atoms with E-state index in [1.54, 1.807) is 4.57 Å². The lowest BCUT2D eigenvalue weighted by molar-refractivity contribution is -0.118. The highest BCUT2D eigenvalue weighted by Crippen LogP contribution is 2.32. The first kappa shape index (κ1) is 17.4. The summed E-state index contributed by atoms with van der Waals surface area (Å²) in [5.74, 6) is 0.307. The Labute approximate surface area is 150 Å². The van der Waals surface area contributed by atoms with Crippen molar-refractivity contribution in [2.75, 3.05) is 0 Å². The minimum absolute atomic E-state index is 0.0542. The van der Waals surface area contributed by atoms with Crippen LogP contribution in [0, 0.1) is 20.8 Å². The quantitative estimate of drug-likeness (QED) is 0.762. The van der Waals surface area contributed by atoms with Gasteiger partial charge in [-0.15, -0.1) is 11.3 Å². The molecule has 0 atom stereocenters. The van der Waals surface area contributed by atoms with Gasteiger partial charge in [-0.25, -0.2) is 4.98 Å². The van der Waals surface area contributed by atoms with Crippen LogP contribution in [0.15, 0.2) is 28.4 Å². The van der Waals surface area contributed by atoms with Crippen LogP contribution >= 0.6 is 11.3 Å². The standard InChI is InChI=1S/C19H21N3O2S/c1-11-6-7-14(9-12(11)2)15-10-25-18-17(15)19(24)22(13(3)21-18)8-4-5-16(20)23/h6-7,9-10H,4-5,8H2,1-3H3,(H2,20,23). The van der Waals surface area contributed by atoms with Crippen LogP contribution < -0.4 is 11.3 Å². The lowest BCUT2D eigenvalue weighted by Crippen LogP contribution is -2.24. The first-order valence-corrected chi connectivity index (χ1v) is 9.11. The topological polar surface area (TPSA) is 78.0 Å². The van der Waals surface area contributed by atoms with Gasteiger partial charge in [0.25, 0.3) is 5.56 Å². The molecule has 2 N–H and O–H groups in total. The number of carbonyl (C=O) groups is 1. The van der Waals surface area contributed by atoms with Crippen molar-refractivity contribution in [2.45, 2.75) is 40.2 Å². The van der Waals surface area contributed by atoms with Gasteiger partial charge >= 0.3 is 0 Å². The summed E-state index contributed by atoms with van der Waals surface area (Å²) in [6.07, 6.45) is 0.796. The van der Waals surface area contributed by atoms with Gasteiger partial charge in [0.15, 0.2) is 0 Å². The molecular weight excluding hydrogens is 334 g/mol. The molecule has 0 bridgehead atoms. The van der Waals surface area contributed by atoms with E-state index in [1.807, 2.05) is 18.4 Å². The van der Waals surface area contributed by atoms with Crippen LogP contribution in [0.1, 0.15) is 29.8 Å². The van der Waals surface area contributed by atoms with Crippen molar-refractivity contribution in [1.82, 2.24) is 9.55 Å². The largest absolute Gasteiger partial charge is 0.370 e. The van der Waals surface area contributed by atoms with E-state index in [2.05, 4.69) is 31.0 Å². The van der Waals surface area contributed by atoms with Crippen molar-refractivity contribution >= 4 is 27.5 Å². The van der Waals surface area contributed by atoms with Crippen molar-refractivity contribution < 1.29 is 4.79 Å². The molecule has 2 heterocycles. The zero-order valence-corrected chi connectivity index (χ0v) is 15.4. The van der Waals surface area contributed by atoms with Crippen LogP contribution in [0.25, 0.3) is 21.3 Å². The Morgan fingerprint density at radius 3 is 2.68 bits per heavy atom. The molecule has 0 saturated carbocycles. The van der Waals surface area contributed by atoms with Crippen LogP contribution in [-0.4, -0.2) is 15.5 Å². The van der Waals surface area contributed by atoms with Gasteiger partial charge in [-0.3, -0.25) is 14.2 Å². The molecular formula is C19H21N3O2S. The predicted molar refractivity (Wildman–Crippen MR) is 102 cm³/mol. The number of benzene rings is 1. The van der Waals surface area contributed by atoms with Crippen molar-refractivity contribution in [3.05, 3.63) is 50.9 Å². The number of thiophene rings is 1. The van der Waals surface area contributed by atoms with Crippen LogP contribution in [0.2, 0.25) is 0 Å². The van der Waals surface area contributed by atoms with Crippen molar-refractivity contribution in [2.24, 2.45) is 5.73 Å². The highest BCUT2D eigenvalue weighted by Gasteiger charge is 2.15. The maximum Gasteiger partial charge on any atom is 0.262 e. The maximum absolute atomic E-state index is 13.0. The van der Waals surface area contributed by atoms with Crippen LogP contribution in [0.4, 0.5) is 0 Å². The molecule has 1 aromatic carbocycles. The molecule has 130 valence electrons. The van der Waals surface area contributed by atoms with E-state index in [1.165, 1.54) is 22.5 Å².